The number of ether oxygens (including phenoxy) is 2. The molecule has 0 amide bonds. The summed E-state index contributed by atoms with van der Waals surface area (Å²) in [6.45, 7) is 5.89. The Morgan fingerprint density at radius 1 is 1.11 bits per heavy atom. The highest BCUT2D eigenvalue weighted by Gasteiger charge is 2.31. The number of rotatable bonds is 3. The van der Waals surface area contributed by atoms with Crippen LogP contribution in [0.2, 0.25) is 0 Å². The highest BCUT2D eigenvalue weighted by atomic mass is 19.4. The Morgan fingerprint density at radius 2 is 1.67 bits per heavy atom. The minimum absolute atomic E-state index is 0.239. The van der Waals surface area contributed by atoms with Crippen molar-refractivity contribution in [1.82, 2.24) is 0 Å². The molecule has 0 bridgehead atoms. The van der Waals surface area contributed by atoms with Crippen LogP contribution < -0.4 is 9.47 Å². The molecule has 0 saturated carbocycles. The van der Waals surface area contributed by atoms with Crippen LogP contribution in [0.3, 0.4) is 0 Å². The van der Waals surface area contributed by atoms with Gasteiger partial charge in [-0.05, 0) is 18.6 Å². The summed E-state index contributed by atoms with van der Waals surface area (Å²) < 4.78 is 44.3. The average molecular weight is 264 g/mol. The third-order valence-electron chi connectivity index (χ3n) is 2.12. The van der Waals surface area contributed by atoms with Gasteiger partial charge in [-0.15, -0.1) is 13.2 Å². The molecule has 2 nitrogen and oxygen atoms in total. The van der Waals surface area contributed by atoms with Crippen molar-refractivity contribution in [3.8, 4) is 11.5 Å². The van der Waals surface area contributed by atoms with Gasteiger partial charge < -0.3 is 9.47 Å². The van der Waals surface area contributed by atoms with Crippen LogP contribution >= 0.6 is 0 Å². The third-order valence-corrected chi connectivity index (χ3v) is 2.12. The molecule has 18 heavy (non-hydrogen) atoms. The molecule has 0 heterocycles. The number of hydrogen-bond acceptors (Lipinski definition) is 2. The molecule has 0 N–H and O–H groups in total. The monoisotopic (exact) mass is 264 g/mol. The molecule has 0 unspecified atom stereocenters. The Kier molecular flexibility index (Phi) is 7.24. The molecule has 1 rings (SSSR count). The molecule has 0 aliphatic rings. The molecule has 0 spiro atoms. The fraction of sp³-hybridized carbons (Fsp3) is 0.538. The highest BCUT2D eigenvalue weighted by Crippen LogP contribution is 2.29. The number of aryl methyl sites for hydroxylation is 1. The molecule has 0 aromatic heterocycles. The molecule has 5 heteroatoms. The smallest absolute Gasteiger partial charge is 0.497 e. The van der Waals surface area contributed by atoms with Gasteiger partial charge in [-0.3, -0.25) is 0 Å². The van der Waals surface area contributed by atoms with E-state index in [9.17, 15) is 13.2 Å². The predicted molar refractivity (Wildman–Crippen MR) is 65.0 cm³/mol. The van der Waals surface area contributed by atoms with Crippen molar-refractivity contribution in [3.63, 3.8) is 0 Å². The molecular formula is C13H19F3O2. The fourth-order valence-corrected chi connectivity index (χ4v) is 0.942. The largest absolute Gasteiger partial charge is 0.573 e. The average Bonchev–Trinajstić information content (AvgIpc) is 2.30. The summed E-state index contributed by atoms with van der Waals surface area (Å²) in [5, 5.41) is 0. The lowest BCUT2D eigenvalue weighted by atomic mass is 10.2. The van der Waals surface area contributed by atoms with E-state index in [0.717, 1.165) is 0 Å². The first-order chi connectivity index (χ1) is 8.34. The van der Waals surface area contributed by atoms with Gasteiger partial charge in [0.2, 0.25) is 0 Å². The standard InChI is InChI=1S/C9H9F3O2.C4H10/c1-6-3-4-7(13-2)5-8(6)14-9(10,11)12;1-3-4-2/h3-5H,1-2H3;3-4H2,1-2H3. The van der Waals surface area contributed by atoms with Crippen LogP contribution in [0.4, 0.5) is 13.2 Å². The summed E-state index contributed by atoms with van der Waals surface area (Å²) in [7, 11) is 1.38. The number of alkyl halides is 3. The van der Waals surface area contributed by atoms with Crippen LogP contribution in [0, 0.1) is 6.92 Å². The Balaban J connectivity index is 0.000000631. The summed E-state index contributed by atoms with van der Waals surface area (Å²) >= 11 is 0. The van der Waals surface area contributed by atoms with Gasteiger partial charge in [0, 0.05) is 6.07 Å². The van der Waals surface area contributed by atoms with Gasteiger partial charge in [-0.1, -0.05) is 32.8 Å². The van der Waals surface area contributed by atoms with E-state index in [0.29, 0.717) is 11.3 Å². The van der Waals surface area contributed by atoms with E-state index < -0.39 is 6.36 Å². The third kappa shape index (κ3) is 7.04. The predicted octanol–water partition coefficient (Wildman–Crippen LogP) is 4.71. The van der Waals surface area contributed by atoms with Crippen molar-refractivity contribution in [2.75, 3.05) is 7.11 Å². The molecule has 0 saturated heterocycles. The highest BCUT2D eigenvalue weighted by molar-refractivity contribution is 5.39. The van der Waals surface area contributed by atoms with Crippen LogP contribution in [0.1, 0.15) is 32.3 Å². The lowest BCUT2D eigenvalue weighted by molar-refractivity contribution is -0.274. The van der Waals surface area contributed by atoms with Gasteiger partial charge in [-0.25, -0.2) is 0 Å². The zero-order valence-corrected chi connectivity index (χ0v) is 11.1. The molecule has 1 aromatic carbocycles. The Morgan fingerprint density at radius 3 is 2.06 bits per heavy atom. The first kappa shape index (κ1) is 16.6. The van der Waals surface area contributed by atoms with Crippen molar-refractivity contribution in [1.29, 1.82) is 0 Å². The van der Waals surface area contributed by atoms with Crippen LogP contribution in [0.15, 0.2) is 18.2 Å². The van der Waals surface area contributed by atoms with Crippen molar-refractivity contribution >= 4 is 0 Å². The van der Waals surface area contributed by atoms with Gasteiger partial charge in [0.05, 0.1) is 7.11 Å². The molecular weight excluding hydrogens is 245 g/mol. The van der Waals surface area contributed by atoms with Crippen LogP contribution in [0.5, 0.6) is 11.5 Å². The quantitative estimate of drug-likeness (QED) is 0.787. The lowest BCUT2D eigenvalue weighted by Crippen LogP contribution is -2.17. The minimum atomic E-state index is -4.67. The first-order valence-corrected chi connectivity index (χ1v) is 5.74. The van der Waals surface area contributed by atoms with E-state index in [1.165, 1.54) is 39.0 Å². The van der Waals surface area contributed by atoms with E-state index >= 15 is 0 Å². The van der Waals surface area contributed by atoms with E-state index in [-0.39, 0.29) is 5.75 Å². The normalized spacial score (nSPS) is 10.4. The molecule has 0 fully saturated rings. The van der Waals surface area contributed by atoms with Gasteiger partial charge in [0.25, 0.3) is 0 Å². The van der Waals surface area contributed by atoms with Crippen LogP contribution in [0.25, 0.3) is 0 Å². The fourth-order valence-electron chi connectivity index (χ4n) is 0.942. The molecule has 1 aromatic rings. The summed E-state index contributed by atoms with van der Waals surface area (Å²) in [4.78, 5) is 0. The molecule has 0 aliphatic carbocycles. The Hall–Kier alpha value is -1.39. The van der Waals surface area contributed by atoms with Gasteiger partial charge in [0.15, 0.2) is 0 Å². The number of hydrogen-bond donors (Lipinski definition) is 0. The van der Waals surface area contributed by atoms with Crippen molar-refractivity contribution in [2.24, 2.45) is 0 Å². The molecule has 0 aliphatic heterocycles. The van der Waals surface area contributed by atoms with Crippen molar-refractivity contribution < 1.29 is 22.6 Å². The maximum Gasteiger partial charge on any atom is 0.573 e. The van der Waals surface area contributed by atoms with E-state index in [4.69, 9.17) is 4.74 Å². The zero-order chi connectivity index (χ0) is 14.2. The minimum Gasteiger partial charge on any atom is -0.497 e. The number of methoxy groups -OCH3 is 1. The SMILES string of the molecule is CCCC.COc1ccc(C)c(OC(F)(F)F)c1. The lowest BCUT2D eigenvalue weighted by Gasteiger charge is -2.12. The summed E-state index contributed by atoms with van der Waals surface area (Å²) in [5.74, 6) is 0.0895. The van der Waals surface area contributed by atoms with Gasteiger partial charge in [0.1, 0.15) is 11.5 Å². The maximum atomic E-state index is 11.9. The molecule has 104 valence electrons. The molecule has 0 radical (unpaired) electrons. The second kappa shape index (κ2) is 7.84. The summed E-state index contributed by atoms with van der Waals surface area (Å²) in [6, 6.07) is 4.27. The van der Waals surface area contributed by atoms with Gasteiger partial charge in [-0.2, -0.15) is 0 Å². The maximum absolute atomic E-state index is 11.9. The van der Waals surface area contributed by atoms with Crippen LogP contribution in [-0.2, 0) is 0 Å². The number of unbranched alkanes of at least 4 members (excludes halogenated alkanes) is 1. The van der Waals surface area contributed by atoms with E-state index in [1.54, 1.807) is 6.07 Å². The van der Waals surface area contributed by atoms with Gasteiger partial charge >= 0.3 is 6.36 Å². The van der Waals surface area contributed by atoms with Crippen molar-refractivity contribution in [3.05, 3.63) is 23.8 Å². The summed E-state index contributed by atoms with van der Waals surface area (Å²) in [6.07, 6.45) is -2.03. The van der Waals surface area contributed by atoms with Crippen LogP contribution in [-0.4, -0.2) is 13.5 Å². The second-order valence-electron chi connectivity index (χ2n) is 3.68. The zero-order valence-electron chi connectivity index (χ0n) is 11.1. The first-order valence-electron chi connectivity index (χ1n) is 5.74. The Labute approximate surface area is 106 Å². The topological polar surface area (TPSA) is 18.5 Å². The number of benzene rings is 1. The Bertz CT molecular complexity index is 347. The van der Waals surface area contributed by atoms with E-state index in [1.807, 2.05) is 0 Å². The number of halogens is 3. The summed E-state index contributed by atoms with van der Waals surface area (Å²) in [5.41, 5.74) is 0.406. The molecule has 0 atom stereocenters. The van der Waals surface area contributed by atoms with E-state index in [2.05, 4.69) is 18.6 Å². The van der Waals surface area contributed by atoms with Crippen molar-refractivity contribution in [2.45, 2.75) is 40.0 Å². The second-order valence-corrected chi connectivity index (χ2v) is 3.68.